The highest BCUT2D eigenvalue weighted by Crippen LogP contribution is 2.14. The lowest BCUT2D eigenvalue weighted by molar-refractivity contribution is 0.0388. The Balaban J connectivity index is 3.71. The second kappa shape index (κ2) is 7.34. The summed E-state index contributed by atoms with van der Waals surface area (Å²) in [5.41, 5.74) is -0.711. The molecule has 0 radical (unpaired) electrons. The first-order valence-electron chi connectivity index (χ1n) is 6.32. The first-order chi connectivity index (χ1) is 7.68. The van der Waals surface area contributed by atoms with Crippen LogP contribution in [0.25, 0.3) is 0 Å². The van der Waals surface area contributed by atoms with E-state index in [9.17, 15) is 13.5 Å². The molecule has 4 nitrogen and oxygen atoms in total. The molecular weight excluding hydrogens is 238 g/mol. The molecular formula is C12H27NO3S. The van der Waals surface area contributed by atoms with Crippen molar-refractivity contribution in [2.24, 2.45) is 5.92 Å². The molecule has 0 spiro atoms. The van der Waals surface area contributed by atoms with Crippen molar-refractivity contribution < 1.29 is 13.5 Å². The number of rotatable bonds is 9. The van der Waals surface area contributed by atoms with Gasteiger partial charge in [-0.2, -0.15) is 0 Å². The lowest BCUT2D eigenvalue weighted by Gasteiger charge is -2.25. The van der Waals surface area contributed by atoms with Gasteiger partial charge in [-0.25, -0.2) is 8.42 Å². The molecule has 1 atom stereocenters. The van der Waals surface area contributed by atoms with Crippen LogP contribution in [0.1, 0.15) is 40.5 Å². The molecule has 0 aliphatic heterocycles. The maximum absolute atomic E-state index is 11.2. The van der Waals surface area contributed by atoms with Gasteiger partial charge in [-0.15, -0.1) is 0 Å². The topological polar surface area (TPSA) is 66.4 Å². The SMILES string of the molecule is CCS(=O)(=O)CCCNCC(C)(O)CC(C)C. The van der Waals surface area contributed by atoms with Gasteiger partial charge in [-0.1, -0.05) is 20.8 Å². The smallest absolute Gasteiger partial charge is 0.150 e. The fraction of sp³-hybridized carbons (Fsp3) is 1.00. The fourth-order valence-corrected chi connectivity index (χ4v) is 2.74. The van der Waals surface area contributed by atoms with Crippen LogP contribution in [-0.4, -0.2) is 43.7 Å². The van der Waals surface area contributed by atoms with E-state index < -0.39 is 15.4 Å². The molecule has 0 rings (SSSR count). The van der Waals surface area contributed by atoms with Crippen LogP contribution in [0, 0.1) is 5.92 Å². The van der Waals surface area contributed by atoms with Gasteiger partial charge in [-0.05, 0) is 32.2 Å². The van der Waals surface area contributed by atoms with Gasteiger partial charge in [0.05, 0.1) is 11.4 Å². The highest BCUT2D eigenvalue weighted by atomic mass is 32.2. The molecule has 0 aromatic rings. The van der Waals surface area contributed by atoms with Gasteiger partial charge < -0.3 is 10.4 Å². The van der Waals surface area contributed by atoms with E-state index in [1.807, 2.05) is 6.92 Å². The Kier molecular flexibility index (Phi) is 7.28. The molecule has 0 bridgehead atoms. The Morgan fingerprint density at radius 1 is 1.35 bits per heavy atom. The van der Waals surface area contributed by atoms with Gasteiger partial charge in [0.15, 0.2) is 0 Å². The van der Waals surface area contributed by atoms with Gasteiger partial charge in [0.2, 0.25) is 0 Å². The van der Waals surface area contributed by atoms with Crippen molar-refractivity contribution in [2.45, 2.75) is 46.1 Å². The zero-order valence-electron chi connectivity index (χ0n) is 11.5. The third kappa shape index (κ3) is 9.56. The van der Waals surface area contributed by atoms with Crippen LogP contribution in [0.2, 0.25) is 0 Å². The van der Waals surface area contributed by atoms with E-state index in [1.165, 1.54) is 0 Å². The number of hydrogen-bond acceptors (Lipinski definition) is 4. The Labute approximate surface area is 106 Å². The van der Waals surface area contributed by atoms with Gasteiger partial charge >= 0.3 is 0 Å². The quantitative estimate of drug-likeness (QED) is 0.615. The van der Waals surface area contributed by atoms with Gasteiger partial charge in [0.25, 0.3) is 0 Å². The summed E-state index contributed by atoms with van der Waals surface area (Å²) >= 11 is 0. The third-order valence-electron chi connectivity index (χ3n) is 2.60. The van der Waals surface area contributed by atoms with Gasteiger partial charge in [0, 0.05) is 12.3 Å². The van der Waals surface area contributed by atoms with Crippen molar-refractivity contribution >= 4 is 9.84 Å². The molecule has 0 fully saturated rings. The minimum absolute atomic E-state index is 0.206. The first-order valence-corrected chi connectivity index (χ1v) is 8.14. The van der Waals surface area contributed by atoms with Crippen molar-refractivity contribution in [1.82, 2.24) is 5.32 Å². The van der Waals surface area contributed by atoms with Crippen molar-refractivity contribution in [3.63, 3.8) is 0 Å². The Bertz CT molecular complexity index is 297. The Morgan fingerprint density at radius 2 is 1.94 bits per heavy atom. The van der Waals surface area contributed by atoms with Gasteiger partial charge in [-0.3, -0.25) is 0 Å². The molecule has 0 amide bonds. The summed E-state index contributed by atoms with van der Waals surface area (Å²) in [4.78, 5) is 0. The molecule has 0 aliphatic rings. The van der Waals surface area contributed by atoms with Crippen molar-refractivity contribution in [1.29, 1.82) is 0 Å². The molecule has 0 saturated heterocycles. The predicted molar refractivity (Wildman–Crippen MR) is 71.9 cm³/mol. The van der Waals surface area contributed by atoms with E-state index in [1.54, 1.807) is 6.92 Å². The minimum Gasteiger partial charge on any atom is -0.389 e. The highest BCUT2D eigenvalue weighted by Gasteiger charge is 2.20. The maximum atomic E-state index is 11.2. The van der Waals surface area contributed by atoms with E-state index in [0.29, 0.717) is 25.4 Å². The van der Waals surface area contributed by atoms with Crippen molar-refractivity contribution in [3.8, 4) is 0 Å². The molecule has 2 N–H and O–H groups in total. The van der Waals surface area contributed by atoms with Gasteiger partial charge in [0.1, 0.15) is 9.84 Å². The number of sulfone groups is 1. The van der Waals surface area contributed by atoms with E-state index in [-0.39, 0.29) is 11.5 Å². The van der Waals surface area contributed by atoms with E-state index in [0.717, 1.165) is 6.42 Å². The van der Waals surface area contributed by atoms with E-state index >= 15 is 0 Å². The second-order valence-corrected chi connectivity index (χ2v) is 7.83. The van der Waals surface area contributed by atoms with E-state index in [2.05, 4.69) is 19.2 Å². The molecule has 0 aromatic heterocycles. The lowest BCUT2D eigenvalue weighted by Crippen LogP contribution is -2.39. The second-order valence-electron chi connectivity index (χ2n) is 5.36. The summed E-state index contributed by atoms with van der Waals surface area (Å²) in [5, 5.41) is 13.1. The average Bonchev–Trinajstić information content (AvgIpc) is 2.14. The van der Waals surface area contributed by atoms with Crippen LogP contribution < -0.4 is 5.32 Å². The number of hydrogen-bond donors (Lipinski definition) is 2. The molecule has 0 saturated carbocycles. The molecule has 0 aromatic carbocycles. The minimum atomic E-state index is -2.86. The molecule has 0 aliphatic carbocycles. The lowest BCUT2D eigenvalue weighted by atomic mass is 9.94. The van der Waals surface area contributed by atoms with Crippen LogP contribution in [-0.2, 0) is 9.84 Å². The Morgan fingerprint density at radius 3 is 2.41 bits per heavy atom. The van der Waals surface area contributed by atoms with Crippen LogP contribution >= 0.6 is 0 Å². The highest BCUT2D eigenvalue weighted by molar-refractivity contribution is 7.91. The average molecular weight is 265 g/mol. The zero-order chi connectivity index (χ0) is 13.5. The number of aliphatic hydroxyl groups is 1. The maximum Gasteiger partial charge on any atom is 0.150 e. The summed E-state index contributed by atoms with van der Waals surface area (Å²) in [6.07, 6.45) is 1.35. The molecule has 1 unspecified atom stereocenters. The number of nitrogens with one attached hydrogen (secondary N) is 1. The largest absolute Gasteiger partial charge is 0.389 e. The molecule has 0 heterocycles. The van der Waals surface area contributed by atoms with Crippen LogP contribution in [0.3, 0.4) is 0 Å². The summed E-state index contributed by atoms with van der Waals surface area (Å²) in [7, 11) is -2.86. The summed E-state index contributed by atoms with van der Waals surface area (Å²) in [6.45, 7) is 8.76. The fourth-order valence-electron chi connectivity index (χ4n) is 1.87. The Hall–Kier alpha value is -0.130. The zero-order valence-corrected chi connectivity index (χ0v) is 12.3. The standard InChI is InChI=1S/C12H27NO3S/c1-5-17(15,16)8-6-7-13-10-12(4,14)9-11(2)3/h11,13-14H,5-10H2,1-4H3. The predicted octanol–water partition coefficient (Wildman–Crippen LogP) is 1.20. The summed E-state index contributed by atoms with van der Waals surface area (Å²) < 4.78 is 22.5. The monoisotopic (exact) mass is 265 g/mol. The molecule has 5 heteroatoms. The van der Waals surface area contributed by atoms with E-state index in [4.69, 9.17) is 0 Å². The normalized spacial score (nSPS) is 16.1. The summed E-state index contributed by atoms with van der Waals surface area (Å²) in [5.74, 6) is 0.883. The first kappa shape index (κ1) is 16.9. The molecule has 17 heavy (non-hydrogen) atoms. The van der Waals surface area contributed by atoms with Crippen molar-refractivity contribution in [3.05, 3.63) is 0 Å². The molecule has 104 valence electrons. The third-order valence-corrected chi connectivity index (χ3v) is 4.39. The summed E-state index contributed by atoms with van der Waals surface area (Å²) in [6, 6.07) is 0. The van der Waals surface area contributed by atoms with Crippen LogP contribution in [0.15, 0.2) is 0 Å². The van der Waals surface area contributed by atoms with Crippen molar-refractivity contribution in [2.75, 3.05) is 24.6 Å². The van der Waals surface area contributed by atoms with Crippen LogP contribution in [0.5, 0.6) is 0 Å². The van der Waals surface area contributed by atoms with Crippen LogP contribution in [0.4, 0.5) is 0 Å².